The van der Waals surface area contributed by atoms with E-state index in [1.165, 1.54) is 44.1 Å². The second-order valence-corrected chi connectivity index (χ2v) is 5.46. The molecule has 1 N–H and O–H groups in total. The van der Waals surface area contributed by atoms with Crippen LogP contribution in [0.15, 0.2) is 5.38 Å². The normalized spacial score (nSPS) is 15.6. The maximum absolute atomic E-state index is 11.1. The van der Waals surface area contributed by atoms with Crippen molar-refractivity contribution in [1.82, 2.24) is 4.98 Å². The molecule has 0 unspecified atom stereocenters. The van der Waals surface area contributed by atoms with E-state index in [9.17, 15) is 4.79 Å². The Morgan fingerprint density at radius 3 is 3.05 bits per heavy atom. The number of nitrogens with zero attached hydrogens (tertiary/aromatic N) is 1. The smallest absolute Gasteiger partial charge is 0.311 e. The summed E-state index contributed by atoms with van der Waals surface area (Å²) in [6.45, 7) is 1.46. The maximum atomic E-state index is 11.1. The molecule has 5 nitrogen and oxygen atoms in total. The fourth-order valence-corrected chi connectivity index (χ4v) is 2.87. The van der Waals surface area contributed by atoms with Crippen LogP contribution in [0.2, 0.25) is 0 Å². The van der Waals surface area contributed by atoms with Crippen LogP contribution >= 0.6 is 11.3 Å². The molecule has 1 aliphatic rings. The van der Waals surface area contributed by atoms with Crippen LogP contribution in [0.3, 0.4) is 0 Å². The van der Waals surface area contributed by atoms with Gasteiger partial charge in [0.1, 0.15) is 0 Å². The minimum absolute atomic E-state index is 0.229. The quantitative estimate of drug-likeness (QED) is 0.614. The molecule has 1 saturated carbocycles. The van der Waals surface area contributed by atoms with E-state index in [-0.39, 0.29) is 12.4 Å². The molecule has 1 aliphatic carbocycles. The van der Waals surface area contributed by atoms with Gasteiger partial charge in [-0.1, -0.05) is 12.8 Å². The van der Waals surface area contributed by atoms with Crippen LogP contribution in [-0.2, 0) is 20.7 Å². The van der Waals surface area contributed by atoms with Crippen LogP contribution in [0.1, 0.15) is 31.4 Å². The lowest BCUT2D eigenvalue weighted by molar-refractivity contribution is -0.139. The average molecular weight is 284 g/mol. The Morgan fingerprint density at radius 2 is 2.32 bits per heavy atom. The molecule has 0 saturated heterocycles. The van der Waals surface area contributed by atoms with Crippen molar-refractivity contribution < 1.29 is 14.3 Å². The molecule has 106 valence electrons. The molecule has 1 heterocycles. The molecule has 1 aromatic heterocycles. The molecule has 6 heteroatoms. The molecule has 0 bridgehead atoms. The maximum Gasteiger partial charge on any atom is 0.311 e. The number of hydrogen-bond donors (Lipinski definition) is 1. The van der Waals surface area contributed by atoms with Gasteiger partial charge in [-0.3, -0.25) is 4.79 Å². The first-order valence-corrected chi connectivity index (χ1v) is 7.52. The highest BCUT2D eigenvalue weighted by atomic mass is 32.1. The van der Waals surface area contributed by atoms with Crippen molar-refractivity contribution in [3.8, 4) is 0 Å². The Kier molecular flexibility index (Phi) is 5.60. The van der Waals surface area contributed by atoms with E-state index in [1.807, 2.05) is 5.38 Å². The van der Waals surface area contributed by atoms with Crippen molar-refractivity contribution in [2.75, 3.05) is 25.6 Å². The molecule has 19 heavy (non-hydrogen) atoms. The molecule has 1 fully saturated rings. The summed E-state index contributed by atoms with van der Waals surface area (Å²) in [5.41, 5.74) is 0.746. The van der Waals surface area contributed by atoms with Gasteiger partial charge in [-0.15, -0.1) is 11.3 Å². The Labute approximate surface area is 117 Å². The first-order valence-electron chi connectivity index (χ1n) is 6.64. The highest BCUT2D eigenvalue weighted by Gasteiger charge is 2.14. The predicted molar refractivity (Wildman–Crippen MR) is 74.5 cm³/mol. The number of thiazole rings is 1. The SMILES string of the molecule is COC(=O)Cc1csc(NCCOC2CCCC2)n1. The summed E-state index contributed by atoms with van der Waals surface area (Å²) in [4.78, 5) is 15.4. The van der Waals surface area contributed by atoms with E-state index >= 15 is 0 Å². The van der Waals surface area contributed by atoms with Crippen molar-refractivity contribution in [3.63, 3.8) is 0 Å². The molecule has 0 atom stereocenters. The highest BCUT2D eigenvalue weighted by molar-refractivity contribution is 7.13. The molecule has 0 aromatic carbocycles. The van der Waals surface area contributed by atoms with E-state index in [4.69, 9.17) is 4.74 Å². The molecular weight excluding hydrogens is 264 g/mol. The monoisotopic (exact) mass is 284 g/mol. The molecule has 0 radical (unpaired) electrons. The number of nitrogens with one attached hydrogen (secondary N) is 1. The van der Waals surface area contributed by atoms with Gasteiger partial charge in [-0.2, -0.15) is 0 Å². The molecule has 1 aromatic rings. The summed E-state index contributed by atoms with van der Waals surface area (Å²) in [5.74, 6) is -0.263. The summed E-state index contributed by atoms with van der Waals surface area (Å²) in [7, 11) is 1.38. The van der Waals surface area contributed by atoms with E-state index in [1.54, 1.807) is 0 Å². The summed E-state index contributed by atoms with van der Waals surface area (Å²) >= 11 is 1.50. The first-order chi connectivity index (χ1) is 9.28. The minimum atomic E-state index is -0.263. The number of carbonyl (C=O) groups is 1. The number of anilines is 1. The lowest BCUT2D eigenvalue weighted by atomic mass is 10.3. The number of methoxy groups -OCH3 is 1. The fraction of sp³-hybridized carbons (Fsp3) is 0.692. The Hall–Kier alpha value is -1.14. The van der Waals surface area contributed by atoms with E-state index in [2.05, 4.69) is 15.0 Å². The van der Waals surface area contributed by atoms with Gasteiger partial charge >= 0.3 is 5.97 Å². The summed E-state index contributed by atoms with van der Waals surface area (Å²) in [5, 5.41) is 5.91. The van der Waals surface area contributed by atoms with Crippen LogP contribution < -0.4 is 5.32 Å². The zero-order valence-corrected chi connectivity index (χ0v) is 12.0. The van der Waals surface area contributed by atoms with Crippen molar-refractivity contribution in [1.29, 1.82) is 0 Å². The van der Waals surface area contributed by atoms with E-state index in [0.29, 0.717) is 12.7 Å². The fourth-order valence-electron chi connectivity index (χ4n) is 2.13. The number of ether oxygens (including phenoxy) is 2. The topological polar surface area (TPSA) is 60.5 Å². The number of carbonyl (C=O) groups excluding carboxylic acids is 1. The second-order valence-electron chi connectivity index (χ2n) is 4.60. The standard InChI is InChI=1S/C13H20N2O3S/c1-17-12(16)8-10-9-19-13(15-10)14-6-7-18-11-4-2-3-5-11/h9,11H,2-8H2,1H3,(H,14,15). The Balaban J connectivity index is 1.64. The van der Waals surface area contributed by atoms with E-state index in [0.717, 1.165) is 17.4 Å². The van der Waals surface area contributed by atoms with Crippen molar-refractivity contribution >= 4 is 22.4 Å². The molecule has 0 spiro atoms. The third kappa shape index (κ3) is 4.80. The number of esters is 1. The Morgan fingerprint density at radius 1 is 1.53 bits per heavy atom. The average Bonchev–Trinajstić information content (AvgIpc) is 3.06. The second kappa shape index (κ2) is 7.45. The van der Waals surface area contributed by atoms with Crippen molar-refractivity contribution in [2.24, 2.45) is 0 Å². The minimum Gasteiger partial charge on any atom is -0.469 e. The van der Waals surface area contributed by atoms with Crippen LogP contribution in [0.4, 0.5) is 5.13 Å². The van der Waals surface area contributed by atoms with Gasteiger partial charge < -0.3 is 14.8 Å². The zero-order valence-electron chi connectivity index (χ0n) is 11.2. The third-order valence-corrected chi connectivity index (χ3v) is 3.99. The number of rotatable bonds is 7. The molecular formula is C13H20N2O3S. The van der Waals surface area contributed by atoms with Gasteiger partial charge in [0.15, 0.2) is 5.13 Å². The lowest BCUT2D eigenvalue weighted by Crippen LogP contribution is -2.15. The highest BCUT2D eigenvalue weighted by Crippen LogP contribution is 2.21. The number of hydrogen-bond acceptors (Lipinski definition) is 6. The summed E-state index contributed by atoms with van der Waals surface area (Å²) in [6, 6.07) is 0. The third-order valence-electron chi connectivity index (χ3n) is 3.14. The van der Waals surface area contributed by atoms with E-state index < -0.39 is 0 Å². The summed E-state index contributed by atoms with van der Waals surface area (Å²) < 4.78 is 10.4. The Bertz CT molecular complexity index is 402. The van der Waals surface area contributed by atoms with Crippen LogP contribution in [0, 0.1) is 0 Å². The van der Waals surface area contributed by atoms with Crippen molar-refractivity contribution in [2.45, 2.75) is 38.2 Å². The molecule has 2 rings (SSSR count). The largest absolute Gasteiger partial charge is 0.469 e. The van der Waals surface area contributed by atoms with Gasteiger partial charge in [-0.25, -0.2) is 4.98 Å². The van der Waals surface area contributed by atoms with Gasteiger partial charge in [0.25, 0.3) is 0 Å². The lowest BCUT2D eigenvalue weighted by Gasteiger charge is -2.10. The van der Waals surface area contributed by atoms with Gasteiger partial charge in [0.05, 0.1) is 31.9 Å². The van der Waals surface area contributed by atoms with Gasteiger partial charge in [-0.05, 0) is 12.8 Å². The predicted octanol–water partition coefficient (Wildman–Crippen LogP) is 2.23. The van der Waals surface area contributed by atoms with Crippen LogP contribution in [0.5, 0.6) is 0 Å². The first kappa shape index (κ1) is 14.3. The molecule has 0 amide bonds. The molecule has 0 aliphatic heterocycles. The summed E-state index contributed by atoms with van der Waals surface area (Å²) in [6.07, 6.45) is 5.66. The van der Waals surface area contributed by atoms with Gasteiger partial charge in [0.2, 0.25) is 0 Å². The van der Waals surface area contributed by atoms with Crippen LogP contribution in [0.25, 0.3) is 0 Å². The van der Waals surface area contributed by atoms with Crippen molar-refractivity contribution in [3.05, 3.63) is 11.1 Å². The zero-order chi connectivity index (χ0) is 13.5. The van der Waals surface area contributed by atoms with Gasteiger partial charge in [0, 0.05) is 11.9 Å². The van der Waals surface area contributed by atoms with Crippen LogP contribution in [-0.4, -0.2) is 37.3 Å². The number of aromatic nitrogens is 1.